The SMILES string of the molecule is CCc1nc2c(c3c1C(=O)C(Nc1ccccc1)=CC3=O)c(=O)n(C)c(=O)n2C. The molecular formula is C21H18N4O4. The van der Waals surface area contributed by atoms with E-state index in [4.69, 9.17) is 0 Å². The number of aromatic nitrogens is 3. The van der Waals surface area contributed by atoms with Crippen molar-refractivity contribution in [1.82, 2.24) is 14.1 Å². The molecule has 0 bridgehead atoms. The first-order valence-corrected chi connectivity index (χ1v) is 9.10. The summed E-state index contributed by atoms with van der Waals surface area (Å²) in [5.41, 5.74) is 0.169. The Morgan fingerprint density at radius 2 is 1.66 bits per heavy atom. The molecule has 0 atom stereocenters. The number of rotatable bonds is 3. The van der Waals surface area contributed by atoms with E-state index >= 15 is 0 Å². The number of carbonyl (C=O) groups is 2. The van der Waals surface area contributed by atoms with Gasteiger partial charge in [-0.25, -0.2) is 9.78 Å². The molecule has 0 amide bonds. The molecule has 1 N–H and O–H groups in total. The van der Waals surface area contributed by atoms with Gasteiger partial charge in [0.15, 0.2) is 5.78 Å². The summed E-state index contributed by atoms with van der Waals surface area (Å²) in [4.78, 5) is 55.8. The highest BCUT2D eigenvalue weighted by Crippen LogP contribution is 2.29. The number of para-hydroxylation sites is 1. The van der Waals surface area contributed by atoms with E-state index in [1.165, 1.54) is 24.7 Å². The summed E-state index contributed by atoms with van der Waals surface area (Å²) >= 11 is 0. The Labute approximate surface area is 165 Å². The highest BCUT2D eigenvalue weighted by molar-refractivity contribution is 6.29. The van der Waals surface area contributed by atoms with Crippen molar-refractivity contribution in [3.8, 4) is 0 Å². The molecule has 1 aliphatic carbocycles. The number of carbonyl (C=O) groups excluding carboxylic acids is 2. The topological polar surface area (TPSA) is 103 Å². The summed E-state index contributed by atoms with van der Waals surface area (Å²) in [5, 5.41) is 2.95. The average Bonchev–Trinajstić information content (AvgIpc) is 2.73. The van der Waals surface area contributed by atoms with Gasteiger partial charge in [-0.05, 0) is 18.6 Å². The second kappa shape index (κ2) is 6.66. The number of nitrogens with zero attached hydrogens (tertiary/aromatic N) is 3. The van der Waals surface area contributed by atoms with Crippen molar-refractivity contribution < 1.29 is 9.59 Å². The van der Waals surface area contributed by atoms with E-state index in [1.54, 1.807) is 19.1 Å². The van der Waals surface area contributed by atoms with Crippen molar-refractivity contribution >= 4 is 28.3 Å². The summed E-state index contributed by atoms with van der Waals surface area (Å²) in [6, 6.07) is 9.01. The number of benzene rings is 1. The van der Waals surface area contributed by atoms with Gasteiger partial charge in [-0.1, -0.05) is 25.1 Å². The summed E-state index contributed by atoms with van der Waals surface area (Å²) in [5.74, 6) is -0.888. The number of Topliss-reactive ketones (excluding diaryl/α,β-unsaturated/α-hetero) is 1. The van der Waals surface area contributed by atoms with E-state index in [9.17, 15) is 19.2 Å². The molecular weight excluding hydrogens is 372 g/mol. The van der Waals surface area contributed by atoms with Gasteiger partial charge in [-0.2, -0.15) is 0 Å². The summed E-state index contributed by atoms with van der Waals surface area (Å²) in [6.45, 7) is 1.80. The van der Waals surface area contributed by atoms with Crippen LogP contribution in [-0.4, -0.2) is 25.7 Å². The maximum absolute atomic E-state index is 13.2. The maximum Gasteiger partial charge on any atom is 0.332 e. The largest absolute Gasteiger partial charge is 0.352 e. The van der Waals surface area contributed by atoms with Crippen LogP contribution in [0.2, 0.25) is 0 Å². The number of anilines is 1. The second-order valence-electron chi connectivity index (χ2n) is 6.81. The Hall–Kier alpha value is -3.81. The fourth-order valence-electron chi connectivity index (χ4n) is 3.56. The van der Waals surface area contributed by atoms with Crippen LogP contribution >= 0.6 is 0 Å². The first-order chi connectivity index (χ1) is 13.8. The third-order valence-electron chi connectivity index (χ3n) is 5.04. The summed E-state index contributed by atoms with van der Waals surface area (Å²) in [6.07, 6.45) is 1.56. The van der Waals surface area contributed by atoms with E-state index in [1.807, 2.05) is 18.2 Å². The van der Waals surface area contributed by atoms with Crippen molar-refractivity contribution in [2.24, 2.45) is 14.1 Å². The van der Waals surface area contributed by atoms with Gasteiger partial charge in [0.1, 0.15) is 5.65 Å². The lowest BCUT2D eigenvalue weighted by Gasteiger charge is -2.21. The highest BCUT2D eigenvalue weighted by atomic mass is 16.2. The van der Waals surface area contributed by atoms with Crippen LogP contribution in [0, 0.1) is 0 Å². The maximum atomic E-state index is 13.2. The van der Waals surface area contributed by atoms with Crippen LogP contribution in [-0.2, 0) is 20.5 Å². The van der Waals surface area contributed by atoms with Gasteiger partial charge in [-0.15, -0.1) is 0 Å². The van der Waals surface area contributed by atoms with E-state index in [0.717, 1.165) is 4.57 Å². The molecule has 2 heterocycles. The lowest BCUT2D eigenvalue weighted by molar-refractivity contribution is 0.0985. The van der Waals surface area contributed by atoms with Crippen molar-refractivity contribution in [1.29, 1.82) is 0 Å². The molecule has 4 rings (SSSR count). The minimum Gasteiger partial charge on any atom is -0.352 e. The van der Waals surface area contributed by atoms with Crippen molar-refractivity contribution in [2.75, 3.05) is 5.32 Å². The van der Waals surface area contributed by atoms with Crippen LogP contribution in [0.15, 0.2) is 51.7 Å². The van der Waals surface area contributed by atoms with Crippen LogP contribution in [0.1, 0.15) is 33.3 Å². The number of allylic oxidation sites excluding steroid dienone is 2. The zero-order valence-electron chi connectivity index (χ0n) is 16.1. The Kier molecular flexibility index (Phi) is 4.26. The van der Waals surface area contributed by atoms with Crippen LogP contribution < -0.4 is 16.6 Å². The number of hydrogen-bond acceptors (Lipinski definition) is 6. The van der Waals surface area contributed by atoms with Gasteiger partial charge in [-0.3, -0.25) is 23.5 Å². The molecule has 0 spiro atoms. The Bertz CT molecular complexity index is 1350. The molecule has 146 valence electrons. The van der Waals surface area contributed by atoms with Crippen LogP contribution in [0.25, 0.3) is 11.0 Å². The first-order valence-electron chi connectivity index (χ1n) is 9.10. The van der Waals surface area contributed by atoms with Crippen LogP contribution in [0.4, 0.5) is 5.69 Å². The minimum atomic E-state index is -0.650. The van der Waals surface area contributed by atoms with Crippen molar-refractivity contribution in [3.05, 3.63) is 79.8 Å². The zero-order chi connectivity index (χ0) is 20.9. The lowest BCUT2D eigenvalue weighted by atomic mass is 9.88. The zero-order valence-corrected chi connectivity index (χ0v) is 16.1. The Balaban J connectivity index is 2.03. The van der Waals surface area contributed by atoms with E-state index < -0.39 is 22.8 Å². The fourth-order valence-corrected chi connectivity index (χ4v) is 3.56. The number of nitrogens with one attached hydrogen (secondary N) is 1. The average molecular weight is 390 g/mol. The van der Waals surface area contributed by atoms with Gasteiger partial charge in [0, 0.05) is 25.9 Å². The summed E-state index contributed by atoms with van der Waals surface area (Å²) < 4.78 is 2.13. The molecule has 0 aliphatic heterocycles. The number of ketones is 2. The van der Waals surface area contributed by atoms with Gasteiger partial charge in [0.2, 0.25) is 5.78 Å². The Morgan fingerprint density at radius 1 is 0.966 bits per heavy atom. The fraction of sp³-hybridized carbons (Fsp3) is 0.190. The third kappa shape index (κ3) is 2.72. The van der Waals surface area contributed by atoms with Gasteiger partial charge < -0.3 is 5.32 Å². The number of pyridine rings is 1. The van der Waals surface area contributed by atoms with E-state index in [2.05, 4.69) is 10.3 Å². The first kappa shape index (κ1) is 18.5. The highest BCUT2D eigenvalue weighted by Gasteiger charge is 2.33. The van der Waals surface area contributed by atoms with Crippen LogP contribution in [0.3, 0.4) is 0 Å². The number of fused-ring (bicyclic) bond motifs is 3. The lowest BCUT2D eigenvalue weighted by Crippen LogP contribution is -2.39. The molecule has 0 radical (unpaired) electrons. The minimum absolute atomic E-state index is 0.00617. The second-order valence-corrected chi connectivity index (χ2v) is 6.81. The van der Waals surface area contributed by atoms with E-state index in [-0.39, 0.29) is 27.9 Å². The molecule has 1 aliphatic rings. The molecule has 1 aromatic carbocycles. The smallest absolute Gasteiger partial charge is 0.332 e. The normalized spacial score (nSPS) is 13.4. The molecule has 0 fully saturated rings. The molecule has 0 saturated heterocycles. The molecule has 3 aromatic rings. The molecule has 0 saturated carbocycles. The molecule has 0 unspecified atom stereocenters. The monoisotopic (exact) mass is 390 g/mol. The van der Waals surface area contributed by atoms with Crippen LogP contribution in [0.5, 0.6) is 0 Å². The molecule has 8 nitrogen and oxygen atoms in total. The predicted octanol–water partition coefficient (Wildman–Crippen LogP) is 1.57. The van der Waals surface area contributed by atoms with Gasteiger partial charge in [0.05, 0.1) is 27.9 Å². The van der Waals surface area contributed by atoms with Gasteiger partial charge in [0.25, 0.3) is 5.56 Å². The number of aryl methyl sites for hydroxylation is 2. The van der Waals surface area contributed by atoms with Gasteiger partial charge >= 0.3 is 5.69 Å². The third-order valence-corrected chi connectivity index (χ3v) is 5.04. The number of hydrogen-bond donors (Lipinski definition) is 1. The van der Waals surface area contributed by atoms with Crippen molar-refractivity contribution in [2.45, 2.75) is 13.3 Å². The Morgan fingerprint density at radius 3 is 2.31 bits per heavy atom. The van der Waals surface area contributed by atoms with Crippen molar-refractivity contribution in [3.63, 3.8) is 0 Å². The summed E-state index contributed by atoms with van der Waals surface area (Å²) in [7, 11) is 2.81. The molecule has 8 heteroatoms. The molecule has 2 aromatic heterocycles. The standard InChI is InChI=1S/C21H18N4O4/c1-4-12-15-16(17-19(23-12)24(2)21(29)25(3)20(17)28)14(26)10-13(18(15)27)22-11-8-6-5-7-9-11/h5-10,22H,4H2,1-3H3. The quantitative estimate of drug-likeness (QED) is 0.728. The molecule has 29 heavy (non-hydrogen) atoms. The predicted molar refractivity (Wildman–Crippen MR) is 108 cm³/mol. The van der Waals surface area contributed by atoms with E-state index in [0.29, 0.717) is 17.8 Å².